The molecule has 108 valence electrons. The normalized spacial score (nSPS) is 11.7. The summed E-state index contributed by atoms with van der Waals surface area (Å²) in [6.07, 6.45) is 3.66. The average Bonchev–Trinajstić information content (AvgIpc) is 2.85. The molecule has 0 amide bonds. The number of rotatable bonds is 3. The smallest absolute Gasteiger partial charge is 0.361 e. The fourth-order valence-electron chi connectivity index (χ4n) is 1.75. The molecule has 0 atom stereocenters. The lowest BCUT2D eigenvalue weighted by molar-refractivity contribution is 0.00619. The first-order chi connectivity index (χ1) is 9.26. The van der Waals surface area contributed by atoms with E-state index in [1.165, 1.54) is 0 Å². The average molecular weight is 277 g/mol. The Morgan fingerprint density at radius 1 is 1.40 bits per heavy atom. The molecule has 0 aliphatic carbocycles. The van der Waals surface area contributed by atoms with E-state index < -0.39 is 11.6 Å². The molecule has 0 bridgehead atoms. The van der Waals surface area contributed by atoms with Crippen LogP contribution in [0.3, 0.4) is 0 Å². The van der Waals surface area contributed by atoms with E-state index in [9.17, 15) is 4.79 Å². The topological polar surface area (TPSA) is 74.8 Å². The first-order valence-corrected chi connectivity index (χ1v) is 6.37. The third-order valence-electron chi connectivity index (χ3n) is 2.67. The quantitative estimate of drug-likeness (QED) is 0.791. The Balaban J connectivity index is 2.16. The van der Waals surface area contributed by atoms with Crippen LogP contribution in [0.2, 0.25) is 0 Å². The molecule has 2 rings (SSSR count). The molecule has 0 radical (unpaired) electrons. The molecule has 0 N–H and O–H groups in total. The molecule has 0 fully saturated rings. The Kier molecular flexibility index (Phi) is 3.61. The molecule has 0 aliphatic heterocycles. The number of hydrogen-bond donors (Lipinski definition) is 0. The third-order valence-corrected chi connectivity index (χ3v) is 2.67. The first-order valence-electron chi connectivity index (χ1n) is 6.37. The molecular weight excluding hydrogens is 258 g/mol. The van der Waals surface area contributed by atoms with Gasteiger partial charge in [-0.25, -0.2) is 9.48 Å². The summed E-state index contributed by atoms with van der Waals surface area (Å²) in [6.45, 7) is 7.78. The highest BCUT2D eigenvalue weighted by Crippen LogP contribution is 2.13. The Morgan fingerprint density at radius 3 is 2.65 bits per heavy atom. The molecule has 0 saturated heterocycles. The second-order valence-electron chi connectivity index (χ2n) is 5.71. The highest BCUT2D eigenvalue weighted by molar-refractivity contribution is 5.88. The van der Waals surface area contributed by atoms with Gasteiger partial charge in [0.2, 0.25) is 0 Å². The monoisotopic (exact) mass is 277 g/mol. The number of hydrogen-bond acceptors (Lipinski definition) is 5. The minimum absolute atomic E-state index is 0.254. The van der Waals surface area contributed by atoms with E-state index in [4.69, 9.17) is 4.74 Å². The minimum atomic E-state index is -0.545. The number of ether oxygens (including phenoxy) is 1. The van der Waals surface area contributed by atoms with Crippen molar-refractivity contribution in [3.05, 3.63) is 29.3 Å². The van der Waals surface area contributed by atoms with Crippen molar-refractivity contribution in [2.75, 3.05) is 0 Å². The zero-order valence-electron chi connectivity index (χ0n) is 12.4. The first kappa shape index (κ1) is 14.2. The summed E-state index contributed by atoms with van der Waals surface area (Å²) in [5.74, 6) is -0.451. The van der Waals surface area contributed by atoms with Crippen LogP contribution in [0.1, 0.15) is 42.5 Å². The number of aryl methyl sites for hydroxylation is 1. The van der Waals surface area contributed by atoms with Gasteiger partial charge < -0.3 is 4.74 Å². The second kappa shape index (κ2) is 5.07. The van der Waals surface area contributed by atoms with Crippen LogP contribution in [0.25, 0.3) is 0 Å². The van der Waals surface area contributed by atoms with Crippen molar-refractivity contribution < 1.29 is 9.53 Å². The standard InChI is InChI=1S/C13H19N5O2/c1-9-11(12(19)20-13(2,3)4)15-16-18(9)8-10-6-14-17(5)7-10/h6-7H,8H2,1-5H3. The van der Waals surface area contributed by atoms with E-state index in [1.54, 1.807) is 22.5 Å². The van der Waals surface area contributed by atoms with Gasteiger partial charge >= 0.3 is 5.97 Å². The number of carbonyl (C=O) groups is 1. The zero-order chi connectivity index (χ0) is 14.9. The molecular formula is C13H19N5O2. The number of esters is 1. The van der Waals surface area contributed by atoms with Crippen molar-refractivity contribution in [1.29, 1.82) is 0 Å². The predicted octanol–water partition coefficient (Wildman–Crippen LogP) is 1.32. The highest BCUT2D eigenvalue weighted by Gasteiger charge is 2.23. The molecule has 0 unspecified atom stereocenters. The summed E-state index contributed by atoms with van der Waals surface area (Å²) in [6, 6.07) is 0. The summed E-state index contributed by atoms with van der Waals surface area (Å²) in [5.41, 5.74) is 1.39. The molecule has 0 saturated carbocycles. The molecule has 2 aromatic heterocycles. The van der Waals surface area contributed by atoms with Gasteiger partial charge in [-0.05, 0) is 27.7 Å². The van der Waals surface area contributed by atoms with Crippen LogP contribution >= 0.6 is 0 Å². The van der Waals surface area contributed by atoms with Crippen molar-refractivity contribution in [2.24, 2.45) is 7.05 Å². The van der Waals surface area contributed by atoms with Crippen molar-refractivity contribution >= 4 is 5.97 Å². The van der Waals surface area contributed by atoms with Gasteiger partial charge in [-0.2, -0.15) is 5.10 Å². The summed E-state index contributed by atoms with van der Waals surface area (Å²) in [5, 5.41) is 12.0. The Hall–Kier alpha value is -2.18. The van der Waals surface area contributed by atoms with Crippen LogP contribution in [0.15, 0.2) is 12.4 Å². The lowest BCUT2D eigenvalue weighted by Crippen LogP contribution is -2.24. The second-order valence-corrected chi connectivity index (χ2v) is 5.71. The summed E-state index contributed by atoms with van der Waals surface area (Å²) in [4.78, 5) is 12.0. The molecule has 2 aromatic rings. The summed E-state index contributed by atoms with van der Waals surface area (Å²) < 4.78 is 8.68. The Labute approximate surface area is 117 Å². The summed E-state index contributed by atoms with van der Waals surface area (Å²) >= 11 is 0. The molecule has 0 spiro atoms. The van der Waals surface area contributed by atoms with Crippen LogP contribution < -0.4 is 0 Å². The highest BCUT2D eigenvalue weighted by atomic mass is 16.6. The Bertz CT molecular complexity index is 621. The maximum atomic E-state index is 12.0. The fourth-order valence-corrected chi connectivity index (χ4v) is 1.75. The maximum absolute atomic E-state index is 12.0. The molecule has 7 heteroatoms. The van der Waals surface area contributed by atoms with Crippen molar-refractivity contribution in [1.82, 2.24) is 24.8 Å². The van der Waals surface area contributed by atoms with Crippen LogP contribution in [0, 0.1) is 6.92 Å². The van der Waals surface area contributed by atoms with Crippen LogP contribution in [-0.2, 0) is 18.3 Å². The van der Waals surface area contributed by atoms with Crippen molar-refractivity contribution in [3.8, 4) is 0 Å². The molecule has 0 aliphatic rings. The van der Waals surface area contributed by atoms with Gasteiger partial charge in [0.15, 0.2) is 5.69 Å². The lowest BCUT2D eigenvalue weighted by atomic mass is 10.2. The van der Waals surface area contributed by atoms with Gasteiger partial charge in [0.1, 0.15) is 5.60 Å². The van der Waals surface area contributed by atoms with E-state index in [2.05, 4.69) is 15.4 Å². The number of nitrogens with zero attached hydrogens (tertiary/aromatic N) is 5. The van der Waals surface area contributed by atoms with Gasteiger partial charge in [-0.1, -0.05) is 5.21 Å². The largest absolute Gasteiger partial charge is 0.455 e. The molecule has 7 nitrogen and oxygen atoms in total. The van der Waals surface area contributed by atoms with E-state index in [-0.39, 0.29) is 5.69 Å². The van der Waals surface area contributed by atoms with Gasteiger partial charge in [-0.15, -0.1) is 5.10 Å². The van der Waals surface area contributed by atoms with Gasteiger partial charge in [-0.3, -0.25) is 4.68 Å². The fraction of sp³-hybridized carbons (Fsp3) is 0.538. The van der Waals surface area contributed by atoms with Crippen LogP contribution in [0.5, 0.6) is 0 Å². The Morgan fingerprint density at radius 2 is 2.10 bits per heavy atom. The predicted molar refractivity (Wildman–Crippen MR) is 72.2 cm³/mol. The number of carbonyl (C=O) groups excluding carboxylic acids is 1. The minimum Gasteiger partial charge on any atom is -0.455 e. The van der Waals surface area contributed by atoms with E-state index >= 15 is 0 Å². The van der Waals surface area contributed by atoms with Crippen LogP contribution in [0.4, 0.5) is 0 Å². The zero-order valence-corrected chi connectivity index (χ0v) is 12.4. The maximum Gasteiger partial charge on any atom is 0.361 e. The van der Waals surface area contributed by atoms with Crippen LogP contribution in [-0.4, -0.2) is 36.3 Å². The molecule has 20 heavy (non-hydrogen) atoms. The third kappa shape index (κ3) is 3.23. The SMILES string of the molecule is Cc1c(C(=O)OC(C)(C)C)nnn1Cc1cnn(C)c1. The van der Waals surface area contributed by atoms with Gasteiger partial charge in [0.05, 0.1) is 18.4 Å². The lowest BCUT2D eigenvalue weighted by Gasteiger charge is -2.18. The van der Waals surface area contributed by atoms with Crippen molar-refractivity contribution in [3.63, 3.8) is 0 Å². The van der Waals surface area contributed by atoms with Crippen molar-refractivity contribution in [2.45, 2.75) is 39.8 Å². The molecule has 0 aromatic carbocycles. The van der Waals surface area contributed by atoms with Gasteiger partial charge in [0, 0.05) is 18.8 Å². The van der Waals surface area contributed by atoms with E-state index in [1.807, 2.05) is 34.0 Å². The van der Waals surface area contributed by atoms with Gasteiger partial charge in [0.25, 0.3) is 0 Å². The number of aromatic nitrogens is 5. The van der Waals surface area contributed by atoms with E-state index in [0.717, 1.165) is 5.56 Å². The van der Waals surface area contributed by atoms with E-state index in [0.29, 0.717) is 12.2 Å². The molecule has 2 heterocycles. The summed E-state index contributed by atoms with van der Waals surface area (Å²) in [7, 11) is 1.85.